The quantitative estimate of drug-likeness (QED) is 0.752. The number of nitrogens with one attached hydrogen (secondary N) is 1. The van der Waals surface area contributed by atoms with Gasteiger partial charge in [0, 0.05) is 41.7 Å². The van der Waals surface area contributed by atoms with Crippen molar-refractivity contribution in [3.63, 3.8) is 0 Å². The van der Waals surface area contributed by atoms with Crippen molar-refractivity contribution in [1.82, 2.24) is 9.88 Å². The zero-order valence-electron chi connectivity index (χ0n) is 16.3. The number of rotatable bonds is 4. The first-order valence-electron chi connectivity index (χ1n) is 9.57. The molecule has 1 amide bonds. The van der Waals surface area contributed by atoms with Crippen LogP contribution in [0.4, 0.5) is 0 Å². The van der Waals surface area contributed by atoms with Crippen molar-refractivity contribution in [2.75, 3.05) is 13.7 Å². The predicted octanol–water partition coefficient (Wildman–Crippen LogP) is 4.31. The van der Waals surface area contributed by atoms with Gasteiger partial charge in [-0.3, -0.25) is 4.79 Å². The highest BCUT2D eigenvalue weighted by molar-refractivity contribution is 5.91. The van der Waals surface area contributed by atoms with Crippen LogP contribution in [-0.4, -0.2) is 29.4 Å². The van der Waals surface area contributed by atoms with E-state index in [0.29, 0.717) is 13.0 Å². The fourth-order valence-electron chi connectivity index (χ4n) is 4.10. The van der Waals surface area contributed by atoms with Gasteiger partial charge in [0.25, 0.3) is 0 Å². The predicted molar refractivity (Wildman–Crippen MR) is 108 cm³/mol. The van der Waals surface area contributed by atoms with E-state index in [1.165, 1.54) is 27.8 Å². The Morgan fingerprint density at radius 1 is 1.11 bits per heavy atom. The van der Waals surface area contributed by atoms with E-state index in [0.717, 1.165) is 36.2 Å². The molecule has 0 unspecified atom stereocenters. The summed E-state index contributed by atoms with van der Waals surface area (Å²) in [4.78, 5) is 18.4. The standard InChI is InChI=1S/C23H26N2O2/c1-15-4-6-17(7-5-15)8-11-22(26)25-13-12-18-16(2)24-20-9-10-21(27-3)19(14-25)23(18)20/h4-7,9-10,24H,8,11-14H2,1-3H3. The molecule has 0 aliphatic carbocycles. The molecule has 27 heavy (non-hydrogen) atoms. The van der Waals surface area contributed by atoms with Gasteiger partial charge in [0.2, 0.25) is 5.91 Å². The van der Waals surface area contributed by atoms with Crippen LogP contribution in [-0.2, 0) is 24.2 Å². The molecule has 1 aliphatic rings. The van der Waals surface area contributed by atoms with Crippen LogP contribution in [0, 0.1) is 13.8 Å². The van der Waals surface area contributed by atoms with Crippen LogP contribution in [0.25, 0.3) is 10.9 Å². The molecule has 1 aliphatic heterocycles. The number of benzene rings is 2. The number of carbonyl (C=O) groups excluding carboxylic acids is 1. The average Bonchev–Trinajstić information content (AvgIpc) is 2.86. The molecule has 0 spiro atoms. The Labute approximate surface area is 160 Å². The van der Waals surface area contributed by atoms with E-state index < -0.39 is 0 Å². The number of methoxy groups -OCH3 is 1. The third kappa shape index (κ3) is 3.32. The maximum atomic E-state index is 12.9. The number of hydrogen-bond acceptors (Lipinski definition) is 2. The fourth-order valence-corrected chi connectivity index (χ4v) is 4.10. The van der Waals surface area contributed by atoms with Gasteiger partial charge in [0.05, 0.1) is 7.11 Å². The van der Waals surface area contributed by atoms with Crippen LogP contribution in [0.5, 0.6) is 5.75 Å². The van der Waals surface area contributed by atoms with Gasteiger partial charge >= 0.3 is 0 Å². The van der Waals surface area contributed by atoms with Crippen LogP contribution in [0.3, 0.4) is 0 Å². The van der Waals surface area contributed by atoms with E-state index in [1.54, 1.807) is 7.11 Å². The third-order valence-corrected chi connectivity index (χ3v) is 5.65. The second-order valence-electron chi connectivity index (χ2n) is 7.45. The topological polar surface area (TPSA) is 45.3 Å². The summed E-state index contributed by atoms with van der Waals surface area (Å²) in [6.45, 7) is 5.55. The van der Waals surface area contributed by atoms with Crippen LogP contribution in [0.2, 0.25) is 0 Å². The molecule has 0 saturated heterocycles. The van der Waals surface area contributed by atoms with Gasteiger partial charge in [-0.15, -0.1) is 0 Å². The van der Waals surface area contributed by atoms with Crippen LogP contribution in [0.15, 0.2) is 36.4 Å². The Balaban J connectivity index is 1.56. The summed E-state index contributed by atoms with van der Waals surface area (Å²) in [6.07, 6.45) is 2.20. The molecule has 2 heterocycles. The zero-order valence-corrected chi connectivity index (χ0v) is 16.3. The number of amides is 1. The van der Waals surface area contributed by atoms with Gasteiger partial charge in [-0.25, -0.2) is 0 Å². The Morgan fingerprint density at radius 2 is 1.89 bits per heavy atom. The number of nitrogens with zero attached hydrogens (tertiary/aromatic N) is 1. The summed E-state index contributed by atoms with van der Waals surface area (Å²) in [7, 11) is 1.70. The average molecular weight is 362 g/mol. The second kappa shape index (κ2) is 7.10. The summed E-state index contributed by atoms with van der Waals surface area (Å²) in [5.74, 6) is 1.07. The molecule has 2 aromatic carbocycles. The maximum Gasteiger partial charge on any atom is 0.223 e. The number of carbonyl (C=O) groups is 1. The largest absolute Gasteiger partial charge is 0.496 e. The van der Waals surface area contributed by atoms with Gasteiger partial charge in [-0.05, 0) is 49.9 Å². The highest BCUT2D eigenvalue weighted by atomic mass is 16.5. The minimum Gasteiger partial charge on any atom is -0.496 e. The van der Waals surface area contributed by atoms with E-state index in [9.17, 15) is 4.79 Å². The van der Waals surface area contributed by atoms with Crippen molar-refractivity contribution >= 4 is 16.8 Å². The minimum absolute atomic E-state index is 0.210. The van der Waals surface area contributed by atoms with Crippen molar-refractivity contribution < 1.29 is 9.53 Å². The summed E-state index contributed by atoms with van der Waals surface area (Å²) in [5.41, 5.74) is 7.21. The maximum absolute atomic E-state index is 12.9. The third-order valence-electron chi connectivity index (χ3n) is 5.65. The summed E-state index contributed by atoms with van der Waals surface area (Å²) in [6, 6.07) is 12.5. The fraction of sp³-hybridized carbons (Fsp3) is 0.348. The first-order valence-corrected chi connectivity index (χ1v) is 9.57. The Morgan fingerprint density at radius 3 is 2.63 bits per heavy atom. The summed E-state index contributed by atoms with van der Waals surface area (Å²) >= 11 is 0. The molecule has 0 saturated carbocycles. The Kier molecular flexibility index (Phi) is 4.65. The van der Waals surface area contributed by atoms with Crippen LogP contribution >= 0.6 is 0 Å². The number of ether oxygens (including phenoxy) is 1. The smallest absolute Gasteiger partial charge is 0.223 e. The minimum atomic E-state index is 0.210. The second-order valence-corrected chi connectivity index (χ2v) is 7.45. The lowest BCUT2D eigenvalue weighted by molar-refractivity contribution is -0.131. The van der Waals surface area contributed by atoms with Gasteiger partial charge < -0.3 is 14.6 Å². The molecule has 0 radical (unpaired) electrons. The van der Waals surface area contributed by atoms with Gasteiger partial charge in [0.15, 0.2) is 0 Å². The zero-order chi connectivity index (χ0) is 19.0. The van der Waals surface area contributed by atoms with Crippen LogP contribution in [0.1, 0.15) is 34.4 Å². The first kappa shape index (κ1) is 17.7. The molecule has 4 heteroatoms. The normalized spacial score (nSPS) is 13.7. The van der Waals surface area contributed by atoms with Gasteiger partial charge in [0.1, 0.15) is 5.75 Å². The lowest BCUT2D eigenvalue weighted by Crippen LogP contribution is -2.31. The van der Waals surface area contributed by atoms with E-state index in [1.807, 2.05) is 11.0 Å². The number of aryl methyl sites for hydroxylation is 3. The highest BCUT2D eigenvalue weighted by Gasteiger charge is 2.25. The molecule has 140 valence electrons. The summed E-state index contributed by atoms with van der Waals surface area (Å²) < 4.78 is 5.61. The van der Waals surface area contributed by atoms with Gasteiger partial charge in [-0.2, -0.15) is 0 Å². The van der Waals surface area contributed by atoms with Gasteiger partial charge in [-0.1, -0.05) is 29.8 Å². The Bertz CT molecular complexity index is 986. The monoisotopic (exact) mass is 362 g/mol. The number of aromatic nitrogens is 1. The number of H-pyrrole nitrogens is 1. The lowest BCUT2D eigenvalue weighted by atomic mass is 10.0. The molecular formula is C23H26N2O2. The molecular weight excluding hydrogens is 336 g/mol. The highest BCUT2D eigenvalue weighted by Crippen LogP contribution is 2.35. The van der Waals surface area contributed by atoms with Crippen molar-refractivity contribution in [2.45, 2.75) is 39.7 Å². The molecule has 3 aromatic rings. The lowest BCUT2D eigenvalue weighted by Gasteiger charge is -2.22. The molecule has 0 fully saturated rings. The first-order chi connectivity index (χ1) is 13.1. The van der Waals surface area contributed by atoms with E-state index in [4.69, 9.17) is 4.74 Å². The van der Waals surface area contributed by atoms with Crippen molar-refractivity contribution in [2.24, 2.45) is 0 Å². The SMILES string of the molecule is COc1ccc2[nH]c(C)c3c2c1CN(C(=O)CCc1ccc(C)cc1)CC3. The molecule has 0 atom stereocenters. The number of hydrogen-bond donors (Lipinski definition) is 1. The number of aromatic amines is 1. The summed E-state index contributed by atoms with van der Waals surface area (Å²) in [5, 5.41) is 1.24. The van der Waals surface area contributed by atoms with E-state index in [2.05, 4.69) is 49.2 Å². The Hall–Kier alpha value is -2.75. The molecule has 1 N–H and O–H groups in total. The molecule has 1 aromatic heterocycles. The van der Waals surface area contributed by atoms with Crippen molar-refractivity contribution in [3.05, 3.63) is 64.3 Å². The van der Waals surface area contributed by atoms with Crippen molar-refractivity contribution in [1.29, 1.82) is 0 Å². The van der Waals surface area contributed by atoms with Crippen molar-refractivity contribution in [3.8, 4) is 5.75 Å². The van der Waals surface area contributed by atoms with Crippen LogP contribution < -0.4 is 4.74 Å². The molecule has 0 bridgehead atoms. The molecule has 4 nitrogen and oxygen atoms in total. The van der Waals surface area contributed by atoms with E-state index >= 15 is 0 Å². The molecule has 4 rings (SSSR count). The van der Waals surface area contributed by atoms with E-state index in [-0.39, 0.29) is 5.91 Å².